The molecule has 0 amide bonds. The maximum Gasteiger partial charge on any atom is 0.204 e. The number of benzene rings is 1. The van der Waals surface area contributed by atoms with E-state index in [1.54, 1.807) is 12.1 Å². The van der Waals surface area contributed by atoms with E-state index in [1.807, 2.05) is 6.92 Å². The van der Waals surface area contributed by atoms with Gasteiger partial charge in [-0.15, -0.1) is 0 Å². The summed E-state index contributed by atoms with van der Waals surface area (Å²) >= 11 is 6.70. The fourth-order valence-electron chi connectivity index (χ4n) is 1.10. The SMILES string of the molecule is Cc1nc(I)sc1Oc1ccc(Br)cc1F. The predicted octanol–water partition coefficient (Wildman–Crippen LogP) is 4.75. The average Bonchev–Trinajstić information content (AvgIpc) is 2.50. The van der Waals surface area contributed by atoms with Crippen LogP contribution >= 0.6 is 49.9 Å². The van der Waals surface area contributed by atoms with Crippen LogP contribution in [-0.2, 0) is 0 Å². The van der Waals surface area contributed by atoms with Gasteiger partial charge in [-0.05, 0) is 47.7 Å². The first kappa shape index (κ1) is 12.3. The molecule has 0 aliphatic heterocycles. The second-order valence-electron chi connectivity index (χ2n) is 3.02. The lowest BCUT2D eigenvalue weighted by molar-refractivity contribution is 0.448. The van der Waals surface area contributed by atoms with E-state index in [9.17, 15) is 4.39 Å². The van der Waals surface area contributed by atoms with Crippen LogP contribution in [0, 0.1) is 15.8 Å². The van der Waals surface area contributed by atoms with Crippen LogP contribution in [0.15, 0.2) is 22.7 Å². The minimum absolute atomic E-state index is 0.214. The Morgan fingerprint density at radius 1 is 1.50 bits per heavy atom. The van der Waals surface area contributed by atoms with Crippen LogP contribution in [0.2, 0.25) is 0 Å². The van der Waals surface area contributed by atoms with Gasteiger partial charge in [0, 0.05) is 4.47 Å². The Bertz CT molecular complexity index is 532. The molecular weight excluding hydrogens is 408 g/mol. The van der Waals surface area contributed by atoms with Crippen LogP contribution in [0.4, 0.5) is 4.39 Å². The normalized spacial score (nSPS) is 10.5. The molecule has 16 heavy (non-hydrogen) atoms. The Labute approximate surface area is 118 Å². The van der Waals surface area contributed by atoms with E-state index in [2.05, 4.69) is 43.5 Å². The van der Waals surface area contributed by atoms with E-state index < -0.39 is 5.82 Å². The van der Waals surface area contributed by atoms with Crippen LogP contribution in [-0.4, -0.2) is 4.98 Å². The minimum atomic E-state index is -0.391. The van der Waals surface area contributed by atoms with Crippen molar-refractivity contribution in [3.05, 3.63) is 37.2 Å². The molecule has 0 bridgehead atoms. The van der Waals surface area contributed by atoms with Crippen LogP contribution in [0.3, 0.4) is 0 Å². The van der Waals surface area contributed by atoms with Crippen molar-refractivity contribution in [1.29, 1.82) is 0 Å². The molecule has 0 spiro atoms. The first-order chi connectivity index (χ1) is 7.56. The summed E-state index contributed by atoms with van der Waals surface area (Å²) in [6, 6.07) is 4.70. The van der Waals surface area contributed by atoms with Crippen molar-refractivity contribution >= 4 is 49.9 Å². The maximum atomic E-state index is 13.5. The largest absolute Gasteiger partial charge is 0.442 e. The van der Waals surface area contributed by atoms with Gasteiger partial charge < -0.3 is 4.74 Å². The Balaban J connectivity index is 2.30. The number of aromatic nitrogens is 1. The van der Waals surface area contributed by atoms with E-state index in [-0.39, 0.29) is 5.75 Å². The molecule has 0 saturated heterocycles. The van der Waals surface area contributed by atoms with Gasteiger partial charge >= 0.3 is 0 Å². The van der Waals surface area contributed by atoms with Crippen molar-refractivity contribution in [3.63, 3.8) is 0 Å². The van der Waals surface area contributed by atoms with Crippen molar-refractivity contribution in [3.8, 4) is 10.8 Å². The molecule has 0 radical (unpaired) electrons. The minimum Gasteiger partial charge on any atom is -0.442 e. The standard InChI is InChI=1S/C10H6BrFINOS/c1-5-9(16-10(13)14-5)15-8-3-2-6(11)4-7(8)12/h2-4H,1H3. The van der Waals surface area contributed by atoms with Crippen molar-refractivity contribution in [2.75, 3.05) is 0 Å². The topological polar surface area (TPSA) is 22.1 Å². The van der Waals surface area contributed by atoms with Crippen molar-refractivity contribution in [1.82, 2.24) is 4.98 Å². The fraction of sp³-hybridized carbons (Fsp3) is 0.100. The first-order valence-corrected chi connectivity index (χ1v) is 7.01. The van der Waals surface area contributed by atoms with Gasteiger partial charge in [0.1, 0.15) is 0 Å². The van der Waals surface area contributed by atoms with E-state index >= 15 is 0 Å². The number of hydrogen-bond acceptors (Lipinski definition) is 3. The average molecular weight is 414 g/mol. The zero-order valence-corrected chi connectivity index (χ0v) is 12.7. The lowest BCUT2D eigenvalue weighted by Crippen LogP contribution is -1.87. The number of ether oxygens (including phenoxy) is 1. The predicted molar refractivity (Wildman–Crippen MR) is 73.7 cm³/mol. The summed E-state index contributed by atoms with van der Waals surface area (Å²) in [5.74, 6) is -0.177. The second-order valence-corrected chi connectivity index (χ2v) is 6.65. The van der Waals surface area contributed by atoms with Gasteiger partial charge in [-0.2, -0.15) is 0 Å². The highest BCUT2D eigenvalue weighted by Crippen LogP contribution is 2.33. The number of halogens is 3. The van der Waals surface area contributed by atoms with Crippen LogP contribution in [0.1, 0.15) is 5.69 Å². The Kier molecular flexibility index (Phi) is 3.81. The number of nitrogens with zero attached hydrogens (tertiary/aromatic N) is 1. The fourth-order valence-corrected chi connectivity index (χ4v) is 3.06. The first-order valence-electron chi connectivity index (χ1n) is 4.32. The van der Waals surface area contributed by atoms with Gasteiger partial charge in [-0.25, -0.2) is 9.37 Å². The third kappa shape index (κ3) is 2.72. The van der Waals surface area contributed by atoms with Crippen molar-refractivity contribution in [2.45, 2.75) is 6.92 Å². The van der Waals surface area contributed by atoms with Crippen LogP contribution < -0.4 is 4.74 Å². The third-order valence-electron chi connectivity index (χ3n) is 1.82. The van der Waals surface area contributed by atoms with Crippen LogP contribution in [0.5, 0.6) is 10.8 Å². The molecule has 0 aliphatic rings. The molecule has 2 nitrogen and oxygen atoms in total. The molecule has 6 heteroatoms. The van der Waals surface area contributed by atoms with Crippen molar-refractivity contribution in [2.24, 2.45) is 0 Å². The number of hydrogen-bond donors (Lipinski definition) is 0. The molecule has 0 fully saturated rings. The monoisotopic (exact) mass is 413 g/mol. The maximum absolute atomic E-state index is 13.5. The molecule has 0 atom stereocenters. The molecule has 1 aromatic carbocycles. The Hall–Kier alpha value is -0.210. The number of aryl methyl sites for hydroxylation is 1. The summed E-state index contributed by atoms with van der Waals surface area (Å²) < 4.78 is 20.5. The van der Waals surface area contributed by atoms with E-state index in [4.69, 9.17) is 4.74 Å². The number of thiazole rings is 1. The highest BCUT2D eigenvalue weighted by molar-refractivity contribution is 14.1. The zero-order valence-electron chi connectivity index (χ0n) is 8.13. The molecule has 0 saturated carbocycles. The quantitative estimate of drug-likeness (QED) is 0.663. The van der Waals surface area contributed by atoms with Gasteiger partial charge in [0.25, 0.3) is 0 Å². The smallest absolute Gasteiger partial charge is 0.204 e. The Morgan fingerprint density at radius 3 is 2.81 bits per heavy atom. The molecule has 0 N–H and O–H groups in total. The van der Waals surface area contributed by atoms with E-state index in [1.165, 1.54) is 17.4 Å². The van der Waals surface area contributed by atoms with Gasteiger partial charge in [-0.3, -0.25) is 0 Å². The second kappa shape index (κ2) is 4.97. The summed E-state index contributed by atoms with van der Waals surface area (Å²) in [4.78, 5) is 4.20. The molecule has 84 valence electrons. The van der Waals surface area contributed by atoms with Crippen LogP contribution in [0.25, 0.3) is 0 Å². The van der Waals surface area contributed by atoms with Gasteiger partial charge in [-0.1, -0.05) is 27.3 Å². The molecule has 1 aromatic heterocycles. The van der Waals surface area contributed by atoms with Crippen molar-refractivity contribution < 1.29 is 9.13 Å². The summed E-state index contributed by atoms with van der Waals surface area (Å²) in [5.41, 5.74) is 0.775. The lowest BCUT2D eigenvalue weighted by atomic mass is 10.3. The summed E-state index contributed by atoms with van der Waals surface area (Å²) in [6.45, 7) is 1.84. The highest BCUT2D eigenvalue weighted by Gasteiger charge is 2.11. The summed E-state index contributed by atoms with van der Waals surface area (Å²) in [5, 5.41) is 0.630. The summed E-state index contributed by atoms with van der Waals surface area (Å²) in [7, 11) is 0. The van der Waals surface area contributed by atoms with E-state index in [0.29, 0.717) is 9.54 Å². The molecule has 2 rings (SSSR count). The number of rotatable bonds is 2. The third-order valence-corrected chi connectivity index (χ3v) is 4.04. The zero-order chi connectivity index (χ0) is 11.7. The highest BCUT2D eigenvalue weighted by atomic mass is 127. The molecule has 1 heterocycles. The molecular formula is C10H6BrFINOS. The van der Waals surface area contributed by atoms with Gasteiger partial charge in [0.05, 0.1) is 5.69 Å². The van der Waals surface area contributed by atoms with E-state index in [0.717, 1.165) is 8.71 Å². The molecule has 2 aromatic rings. The lowest BCUT2D eigenvalue weighted by Gasteiger charge is -2.04. The van der Waals surface area contributed by atoms with Gasteiger partial charge in [0.2, 0.25) is 5.06 Å². The Morgan fingerprint density at radius 2 is 2.25 bits per heavy atom. The van der Waals surface area contributed by atoms with Gasteiger partial charge in [0.15, 0.2) is 14.6 Å². The molecule has 0 aliphatic carbocycles. The summed E-state index contributed by atoms with van der Waals surface area (Å²) in [6.07, 6.45) is 0. The molecule has 0 unspecified atom stereocenters.